The number of fused-ring (bicyclic) bond motifs is 1. The smallest absolute Gasteiger partial charge is 0.258 e. The molecule has 2 heterocycles. The van der Waals surface area contributed by atoms with Crippen LogP contribution >= 0.6 is 11.3 Å². The van der Waals surface area contributed by atoms with Crippen LogP contribution in [-0.2, 0) is 16.4 Å². The third-order valence-corrected chi connectivity index (χ3v) is 7.54. The Hall–Kier alpha value is -2.55. The van der Waals surface area contributed by atoms with E-state index < -0.39 is 26.7 Å². The second-order valence-corrected chi connectivity index (χ2v) is 9.05. The monoisotopic (exact) mass is 400 g/mol. The molecule has 8 heteroatoms. The van der Waals surface area contributed by atoms with E-state index in [0.717, 1.165) is 16.0 Å². The third-order valence-electron chi connectivity index (χ3n) is 4.70. The first kappa shape index (κ1) is 17.8. The molecule has 0 spiro atoms. The van der Waals surface area contributed by atoms with Crippen molar-refractivity contribution < 1.29 is 13.3 Å². The Bertz CT molecular complexity index is 1090. The van der Waals surface area contributed by atoms with E-state index in [1.165, 1.54) is 39.9 Å². The van der Waals surface area contributed by atoms with Crippen LogP contribution in [0.3, 0.4) is 0 Å². The number of nitro benzene ring substituents is 1. The van der Waals surface area contributed by atoms with E-state index in [4.69, 9.17) is 0 Å². The van der Waals surface area contributed by atoms with Crippen molar-refractivity contribution in [2.45, 2.75) is 17.4 Å². The van der Waals surface area contributed by atoms with Gasteiger partial charge in [0.15, 0.2) is 4.90 Å². The van der Waals surface area contributed by atoms with Crippen LogP contribution in [0.25, 0.3) is 0 Å². The molecule has 27 heavy (non-hydrogen) atoms. The maximum absolute atomic E-state index is 13.5. The standard InChI is InChI=1S/C19H16N2O4S2/c22-21(23)16-8-3-4-10-18(16)27(24,25)20-12-11-14-6-1-2-7-15(14)19(20)17-9-5-13-26-17/h1-10,13,19H,11-12H2. The SMILES string of the molecule is O=[N+]([O-])c1ccccc1S(=O)(=O)N1CCc2ccccc2C1c1cccs1. The van der Waals surface area contributed by atoms with E-state index >= 15 is 0 Å². The van der Waals surface area contributed by atoms with Crippen molar-refractivity contribution in [1.82, 2.24) is 4.31 Å². The van der Waals surface area contributed by atoms with Gasteiger partial charge in [-0.1, -0.05) is 42.5 Å². The van der Waals surface area contributed by atoms with Crippen LogP contribution in [0.2, 0.25) is 0 Å². The zero-order valence-electron chi connectivity index (χ0n) is 14.2. The molecule has 0 N–H and O–H groups in total. The summed E-state index contributed by atoms with van der Waals surface area (Å²) in [4.78, 5) is 11.4. The maximum Gasteiger partial charge on any atom is 0.289 e. The predicted octanol–water partition coefficient (Wildman–Crippen LogP) is 3.99. The second-order valence-electron chi connectivity index (χ2n) is 6.21. The summed E-state index contributed by atoms with van der Waals surface area (Å²) in [6.07, 6.45) is 0.567. The van der Waals surface area contributed by atoms with Gasteiger partial charge in [0, 0.05) is 17.5 Å². The predicted molar refractivity (Wildman–Crippen MR) is 103 cm³/mol. The Kier molecular flexibility index (Phi) is 4.55. The molecule has 0 aliphatic carbocycles. The largest absolute Gasteiger partial charge is 0.289 e. The highest BCUT2D eigenvalue weighted by atomic mass is 32.2. The molecule has 0 bridgehead atoms. The summed E-state index contributed by atoms with van der Waals surface area (Å²) < 4.78 is 28.3. The molecule has 1 aromatic heterocycles. The molecule has 138 valence electrons. The molecule has 0 saturated carbocycles. The van der Waals surface area contributed by atoms with Crippen LogP contribution in [0.15, 0.2) is 70.9 Å². The van der Waals surface area contributed by atoms with Gasteiger partial charge in [-0.05, 0) is 35.1 Å². The fraction of sp³-hybridized carbons (Fsp3) is 0.158. The zero-order valence-corrected chi connectivity index (χ0v) is 15.8. The Morgan fingerprint density at radius 3 is 2.52 bits per heavy atom. The molecule has 0 radical (unpaired) electrons. The Morgan fingerprint density at radius 1 is 1.04 bits per heavy atom. The molecule has 6 nitrogen and oxygen atoms in total. The van der Waals surface area contributed by atoms with E-state index in [0.29, 0.717) is 6.42 Å². The minimum atomic E-state index is -4.06. The van der Waals surface area contributed by atoms with Gasteiger partial charge in [0.2, 0.25) is 0 Å². The first-order valence-electron chi connectivity index (χ1n) is 8.36. The van der Waals surface area contributed by atoms with Crippen LogP contribution in [-0.4, -0.2) is 24.2 Å². The van der Waals surface area contributed by atoms with E-state index in [-0.39, 0.29) is 11.4 Å². The van der Waals surface area contributed by atoms with Crippen molar-refractivity contribution in [1.29, 1.82) is 0 Å². The van der Waals surface area contributed by atoms with E-state index in [1.54, 1.807) is 0 Å². The van der Waals surface area contributed by atoms with Gasteiger partial charge in [-0.2, -0.15) is 4.31 Å². The van der Waals surface area contributed by atoms with Gasteiger partial charge in [-0.25, -0.2) is 8.42 Å². The summed E-state index contributed by atoms with van der Waals surface area (Å²) in [5.41, 5.74) is 1.62. The minimum absolute atomic E-state index is 0.268. The van der Waals surface area contributed by atoms with Crippen LogP contribution in [0.5, 0.6) is 0 Å². The number of nitrogens with zero attached hydrogens (tertiary/aromatic N) is 2. The number of hydrogen-bond acceptors (Lipinski definition) is 5. The van der Waals surface area contributed by atoms with Crippen molar-refractivity contribution in [3.8, 4) is 0 Å². The van der Waals surface area contributed by atoms with Gasteiger partial charge in [-0.15, -0.1) is 11.3 Å². The van der Waals surface area contributed by atoms with Crippen molar-refractivity contribution in [3.63, 3.8) is 0 Å². The molecule has 1 aliphatic heterocycles. The van der Waals surface area contributed by atoms with E-state index in [1.807, 2.05) is 41.8 Å². The average Bonchev–Trinajstić information content (AvgIpc) is 3.21. The molecule has 0 amide bonds. The molecular formula is C19H16N2O4S2. The summed E-state index contributed by atoms with van der Waals surface area (Å²) in [6.45, 7) is 0.272. The zero-order chi connectivity index (χ0) is 19.0. The fourth-order valence-electron chi connectivity index (χ4n) is 3.50. The Morgan fingerprint density at radius 2 is 1.78 bits per heavy atom. The summed E-state index contributed by atoms with van der Waals surface area (Å²) in [6, 6.07) is 16.6. The van der Waals surface area contributed by atoms with Crippen molar-refractivity contribution in [3.05, 3.63) is 92.2 Å². The van der Waals surface area contributed by atoms with E-state index in [2.05, 4.69) is 0 Å². The number of rotatable bonds is 4. The number of thiophene rings is 1. The van der Waals surface area contributed by atoms with Crippen molar-refractivity contribution in [2.75, 3.05) is 6.54 Å². The summed E-state index contributed by atoms with van der Waals surface area (Å²) >= 11 is 1.48. The number of para-hydroxylation sites is 1. The highest BCUT2D eigenvalue weighted by molar-refractivity contribution is 7.89. The molecular weight excluding hydrogens is 384 g/mol. The second kappa shape index (κ2) is 6.88. The Balaban J connectivity index is 1.89. The van der Waals surface area contributed by atoms with Crippen molar-refractivity contribution in [2.24, 2.45) is 0 Å². The van der Waals surface area contributed by atoms with Crippen LogP contribution in [0.1, 0.15) is 22.0 Å². The fourth-order valence-corrected chi connectivity index (χ4v) is 6.16. The number of benzene rings is 2. The Labute approximate surface area is 160 Å². The van der Waals surface area contributed by atoms with Gasteiger partial charge in [0.1, 0.15) is 0 Å². The lowest BCUT2D eigenvalue weighted by atomic mass is 9.93. The maximum atomic E-state index is 13.5. The number of hydrogen-bond donors (Lipinski definition) is 0. The quantitative estimate of drug-likeness (QED) is 0.490. The van der Waals surface area contributed by atoms with E-state index in [9.17, 15) is 18.5 Å². The van der Waals surface area contributed by atoms with Crippen LogP contribution < -0.4 is 0 Å². The van der Waals surface area contributed by atoms with Gasteiger partial charge < -0.3 is 0 Å². The number of sulfonamides is 1. The molecule has 1 unspecified atom stereocenters. The third kappa shape index (κ3) is 3.05. The highest BCUT2D eigenvalue weighted by Crippen LogP contribution is 2.41. The first-order valence-corrected chi connectivity index (χ1v) is 10.7. The highest BCUT2D eigenvalue weighted by Gasteiger charge is 2.40. The molecule has 0 saturated heterocycles. The van der Waals surface area contributed by atoms with Gasteiger partial charge in [0.05, 0.1) is 11.0 Å². The molecule has 1 atom stereocenters. The van der Waals surface area contributed by atoms with Crippen LogP contribution in [0, 0.1) is 10.1 Å². The van der Waals surface area contributed by atoms with Gasteiger partial charge >= 0.3 is 0 Å². The molecule has 3 aromatic rings. The lowest BCUT2D eigenvalue weighted by Gasteiger charge is -2.35. The first-order chi connectivity index (χ1) is 13.0. The molecule has 0 fully saturated rings. The average molecular weight is 400 g/mol. The minimum Gasteiger partial charge on any atom is -0.258 e. The number of nitro groups is 1. The topological polar surface area (TPSA) is 80.5 Å². The molecule has 2 aromatic carbocycles. The lowest BCUT2D eigenvalue weighted by molar-refractivity contribution is -0.387. The summed E-state index contributed by atoms with van der Waals surface area (Å²) in [7, 11) is -4.06. The summed E-state index contributed by atoms with van der Waals surface area (Å²) in [5, 5.41) is 13.3. The van der Waals surface area contributed by atoms with Crippen molar-refractivity contribution >= 4 is 27.0 Å². The normalized spacial score (nSPS) is 17.4. The lowest BCUT2D eigenvalue weighted by Crippen LogP contribution is -2.40. The molecule has 1 aliphatic rings. The van der Waals surface area contributed by atoms with Crippen LogP contribution in [0.4, 0.5) is 5.69 Å². The van der Waals surface area contributed by atoms with Gasteiger partial charge in [-0.3, -0.25) is 10.1 Å². The van der Waals surface area contributed by atoms with Gasteiger partial charge in [0.25, 0.3) is 15.7 Å². The summed E-state index contributed by atoms with van der Waals surface area (Å²) in [5.74, 6) is 0. The molecule has 4 rings (SSSR count).